The van der Waals surface area contributed by atoms with Gasteiger partial charge in [-0.2, -0.15) is 16.4 Å². The zero-order valence-corrected chi connectivity index (χ0v) is 14.6. The normalized spacial score (nSPS) is 21.2. The quantitative estimate of drug-likeness (QED) is 0.770. The monoisotopic (exact) mass is 345 g/mol. The van der Waals surface area contributed by atoms with E-state index >= 15 is 0 Å². The molecule has 3 heterocycles. The zero-order valence-electron chi connectivity index (χ0n) is 13.8. The zero-order chi connectivity index (χ0) is 16.4. The molecule has 1 aliphatic heterocycles. The topological polar surface area (TPSA) is 54.3 Å². The van der Waals surface area contributed by atoms with Gasteiger partial charge in [0.15, 0.2) is 0 Å². The van der Waals surface area contributed by atoms with Gasteiger partial charge in [-0.05, 0) is 54.6 Å². The summed E-state index contributed by atoms with van der Waals surface area (Å²) in [5.74, 6) is 0.272. The highest BCUT2D eigenvalue weighted by Gasteiger charge is 2.35. The Labute approximate surface area is 146 Å². The van der Waals surface area contributed by atoms with Crippen molar-refractivity contribution in [2.45, 2.75) is 50.9 Å². The molecule has 7 heteroatoms. The van der Waals surface area contributed by atoms with Crippen LogP contribution in [0.4, 0.5) is 0 Å². The largest absolute Gasteiger partial charge is 0.334 e. The number of thiophene rings is 1. The molecule has 0 spiro atoms. The molecule has 6 nitrogen and oxygen atoms in total. The minimum Gasteiger partial charge on any atom is -0.334 e. The lowest BCUT2D eigenvalue weighted by Crippen LogP contribution is -2.44. The van der Waals surface area contributed by atoms with Crippen LogP contribution in [-0.4, -0.2) is 55.6 Å². The minimum absolute atomic E-state index is 0.272. The molecule has 1 aliphatic carbocycles. The van der Waals surface area contributed by atoms with Gasteiger partial charge in [-0.25, -0.2) is 4.98 Å². The van der Waals surface area contributed by atoms with Crippen molar-refractivity contribution in [3.05, 3.63) is 35.0 Å². The summed E-state index contributed by atoms with van der Waals surface area (Å²) in [6, 6.07) is 2.96. The van der Waals surface area contributed by atoms with E-state index in [2.05, 4.69) is 36.7 Å². The van der Waals surface area contributed by atoms with Gasteiger partial charge in [0.2, 0.25) is 5.91 Å². The predicted octanol–water partition coefficient (Wildman–Crippen LogP) is 2.00. The van der Waals surface area contributed by atoms with Crippen LogP contribution in [0.1, 0.15) is 31.2 Å². The van der Waals surface area contributed by atoms with Crippen molar-refractivity contribution in [1.29, 1.82) is 0 Å². The summed E-state index contributed by atoms with van der Waals surface area (Å²) >= 11 is 1.70. The molecule has 0 N–H and O–H groups in total. The molecule has 1 saturated heterocycles. The molecule has 1 amide bonds. The van der Waals surface area contributed by atoms with E-state index in [1.54, 1.807) is 24.0 Å². The van der Waals surface area contributed by atoms with Crippen LogP contribution < -0.4 is 0 Å². The Hall–Kier alpha value is -1.73. The molecule has 1 atom stereocenters. The van der Waals surface area contributed by atoms with E-state index in [0.717, 1.165) is 45.3 Å². The summed E-state index contributed by atoms with van der Waals surface area (Å²) in [5, 5.41) is 8.43. The fraction of sp³-hybridized carbons (Fsp3) is 0.588. The fourth-order valence-corrected chi connectivity index (χ4v) is 4.16. The Balaban J connectivity index is 1.38. The maximum Gasteiger partial charge on any atom is 0.237 e. The van der Waals surface area contributed by atoms with E-state index in [0.29, 0.717) is 18.6 Å². The standard InChI is InChI=1S/C17H23N5OS/c23-17(22(15-3-4-15)8-14-5-7-24-11-14)10-20-6-1-2-16(20)9-21-13-18-12-19-21/h5,7,11-13,15-16H,1-4,6,8-10H2/t16-/m0/s1. The van der Waals surface area contributed by atoms with Gasteiger partial charge in [-0.3, -0.25) is 14.4 Å². The molecule has 0 bridgehead atoms. The van der Waals surface area contributed by atoms with Crippen molar-refractivity contribution in [1.82, 2.24) is 24.6 Å². The molecular weight excluding hydrogens is 322 g/mol. The number of aromatic nitrogens is 3. The van der Waals surface area contributed by atoms with Crippen molar-refractivity contribution in [2.75, 3.05) is 13.1 Å². The number of carbonyl (C=O) groups excluding carboxylic acids is 1. The van der Waals surface area contributed by atoms with E-state index in [1.165, 1.54) is 5.56 Å². The Morgan fingerprint density at radius 1 is 1.38 bits per heavy atom. The van der Waals surface area contributed by atoms with Crippen molar-refractivity contribution >= 4 is 17.2 Å². The highest BCUT2D eigenvalue weighted by atomic mass is 32.1. The second-order valence-corrected chi connectivity index (χ2v) is 7.55. The Bertz CT molecular complexity index is 653. The summed E-state index contributed by atoms with van der Waals surface area (Å²) in [5.41, 5.74) is 1.25. The van der Waals surface area contributed by atoms with E-state index in [1.807, 2.05) is 4.68 Å². The first kappa shape index (κ1) is 15.8. The third-order valence-electron chi connectivity index (χ3n) is 4.94. The molecule has 2 aromatic heterocycles. The van der Waals surface area contributed by atoms with Gasteiger partial charge in [-0.1, -0.05) is 0 Å². The smallest absolute Gasteiger partial charge is 0.237 e. The molecule has 128 valence electrons. The number of hydrogen-bond donors (Lipinski definition) is 0. The highest BCUT2D eigenvalue weighted by Crippen LogP contribution is 2.29. The first-order chi connectivity index (χ1) is 11.8. The molecule has 24 heavy (non-hydrogen) atoms. The maximum absolute atomic E-state index is 12.9. The molecule has 2 aliphatic rings. The van der Waals surface area contributed by atoms with Gasteiger partial charge in [-0.15, -0.1) is 0 Å². The summed E-state index contributed by atoms with van der Waals surface area (Å²) in [4.78, 5) is 21.3. The minimum atomic E-state index is 0.272. The molecule has 0 aromatic carbocycles. The van der Waals surface area contributed by atoms with Gasteiger partial charge >= 0.3 is 0 Å². The van der Waals surface area contributed by atoms with Crippen LogP contribution in [0, 0.1) is 0 Å². The number of rotatable bonds is 7. The van der Waals surface area contributed by atoms with Crippen molar-refractivity contribution in [2.24, 2.45) is 0 Å². The SMILES string of the molecule is O=C(CN1CCC[C@H]1Cn1cncn1)N(Cc1ccsc1)C1CC1. The lowest BCUT2D eigenvalue weighted by molar-refractivity contribution is -0.134. The van der Waals surface area contributed by atoms with Gasteiger partial charge in [0.25, 0.3) is 0 Å². The van der Waals surface area contributed by atoms with Crippen LogP contribution in [0.3, 0.4) is 0 Å². The lowest BCUT2D eigenvalue weighted by atomic mass is 10.2. The maximum atomic E-state index is 12.9. The van der Waals surface area contributed by atoms with Crippen LogP contribution in [-0.2, 0) is 17.9 Å². The Kier molecular flexibility index (Phi) is 4.62. The second-order valence-electron chi connectivity index (χ2n) is 6.77. The van der Waals surface area contributed by atoms with E-state index in [9.17, 15) is 4.79 Å². The number of carbonyl (C=O) groups is 1. The summed E-state index contributed by atoms with van der Waals surface area (Å²) in [7, 11) is 0. The highest BCUT2D eigenvalue weighted by molar-refractivity contribution is 7.07. The van der Waals surface area contributed by atoms with Gasteiger partial charge < -0.3 is 4.90 Å². The van der Waals surface area contributed by atoms with Crippen LogP contribution in [0.15, 0.2) is 29.5 Å². The summed E-state index contributed by atoms with van der Waals surface area (Å²) < 4.78 is 1.87. The third-order valence-corrected chi connectivity index (χ3v) is 5.67. The van der Waals surface area contributed by atoms with Crippen LogP contribution in [0.5, 0.6) is 0 Å². The number of nitrogens with zero attached hydrogens (tertiary/aromatic N) is 5. The molecule has 0 unspecified atom stereocenters. The fourth-order valence-electron chi connectivity index (χ4n) is 3.50. The first-order valence-corrected chi connectivity index (χ1v) is 9.61. The molecular formula is C17H23N5OS. The number of hydrogen-bond acceptors (Lipinski definition) is 5. The summed E-state index contributed by atoms with van der Waals surface area (Å²) in [6.45, 7) is 3.11. The third kappa shape index (κ3) is 3.67. The average Bonchev–Trinajstić information content (AvgIpc) is 2.99. The van der Waals surface area contributed by atoms with Crippen molar-refractivity contribution in [3.8, 4) is 0 Å². The molecule has 2 fully saturated rings. The molecule has 2 aromatic rings. The van der Waals surface area contributed by atoms with Crippen molar-refractivity contribution in [3.63, 3.8) is 0 Å². The van der Waals surface area contributed by atoms with E-state index in [4.69, 9.17) is 0 Å². The molecule has 0 radical (unpaired) electrons. The second kappa shape index (κ2) is 7.03. The van der Waals surface area contributed by atoms with Gasteiger partial charge in [0.05, 0.1) is 13.1 Å². The van der Waals surface area contributed by atoms with E-state index in [-0.39, 0.29) is 5.91 Å². The Morgan fingerprint density at radius 2 is 2.29 bits per heavy atom. The van der Waals surface area contributed by atoms with Gasteiger partial charge in [0.1, 0.15) is 12.7 Å². The van der Waals surface area contributed by atoms with Gasteiger partial charge in [0, 0.05) is 18.6 Å². The van der Waals surface area contributed by atoms with Crippen LogP contribution in [0.25, 0.3) is 0 Å². The summed E-state index contributed by atoms with van der Waals surface area (Å²) in [6.07, 6.45) is 7.91. The molecule has 4 rings (SSSR count). The van der Waals surface area contributed by atoms with Crippen molar-refractivity contribution < 1.29 is 4.79 Å². The van der Waals surface area contributed by atoms with E-state index < -0.39 is 0 Å². The molecule has 1 saturated carbocycles. The lowest BCUT2D eigenvalue weighted by Gasteiger charge is -2.28. The number of amides is 1. The first-order valence-electron chi connectivity index (χ1n) is 8.66. The Morgan fingerprint density at radius 3 is 3.00 bits per heavy atom. The van der Waals surface area contributed by atoms with Crippen LogP contribution in [0.2, 0.25) is 0 Å². The predicted molar refractivity (Wildman–Crippen MR) is 92.5 cm³/mol. The number of likely N-dealkylation sites (tertiary alicyclic amines) is 1. The average molecular weight is 345 g/mol. The van der Waals surface area contributed by atoms with Crippen LogP contribution >= 0.6 is 11.3 Å².